The highest BCUT2D eigenvalue weighted by Gasteiger charge is 2.21. The van der Waals surface area contributed by atoms with Crippen molar-refractivity contribution in [2.24, 2.45) is 0 Å². The first-order valence-corrected chi connectivity index (χ1v) is 7.04. The minimum absolute atomic E-state index is 0.0535. The SMILES string of the molecule is CCNC(C)(C#N)CCCCOc1ccc([N+](=O)[O-])cc1. The summed E-state index contributed by atoms with van der Waals surface area (Å²) >= 11 is 0. The maximum Gasteiger partial charge on any atom is 0.269 e. The Morgan fingerprint density at radius 2 is 2.05 bits per heavy atom. The standard InChI is InChI=1S/C15H21N3O3/c1-3-17-15(2,12-16)10-4-5-11-21-14-8-6-13(7-9-14)18(19)20/h6-9,17H,3-5,10-11H2,1-2H3. The van der Waals surface area contributed by atoms with Crippen LogP contribution in [0.15, 0.2) is 24.3 Å². The van der Waals surface area contributed by atoms with Gasteiger partial charge in [0.1, 0.15) is 11.3 Å². The van der Waals surface area contributed by atoms with Gasteiger partial charge in [-0.2, -0.15) is 5.26 Å². The summed E-state index contributed by atoms with van der Waals surface area (Å²) < 4.78 is 5.52. The lowest BCUT2D eigenvalue weighted by molar-refractivity contribution is -0.384. The van der Waals surface area contributed by atoms with Crippen LogP contribution < -0.4 is 10.1 Å². The lowest BCUT2D eigenvalue weighted by Crippen LogP contribution is -2.40. The number of nitro benzene ring substituents is 1. The number of nitrogens with one attached hydrogen (secondary N) is 1. The van der Waals surface area contributed by atoms with Gasteiger partial charge in [0.25, 0.3) is 5.69 Å². The zero-order valence-corrected chi connectivity index (χ0v) is 12.5. The highest BCUT2D eigenvalue weighted by atomic mass is 16.6. The van der Waals surface area contributed by atoms with Gasteiger partial charge in [-0.25, -0.2) is 0 Å². The molecule has 6 nitrogen and oxygen atoms in total. The number of nitrogens with zero attached hydrogens (tertiary/aromatic N) is 2. The van der Waals surface area contributed by atoms with Crippen LogP contribution in [0, 0.1) is 21.4 Å². The average molecular weight is 291 g/mol. The van der Waals surface area contributed by atoms with Crippen LogP contribution in [0.5, 0.6) is 5.75 Å². The number of hydrogen-bond donors (Lipinski definition) is 1. The molecule has 1 aromatic carbocycles. The molecular formula is C15H21N3O3. The zero-order chi connectivity index (χ0) is 15.7. The largest absolute Gasteiger partial charge is 0.494 e. The normalized spacial score (nSPS) is 13.2. The molecule has 6 heteroatoms. The fourth-order valence-corrected chi connectivity index (χ4v) is 2.01. The molecule has 0 saturated carbocycles. The van der Waals surface area contributed by atoms with Crippen LogP contribution in [0.3, 0.4) is 0 Å². The Morgan fingerprint density at radius 1 is 1.38 bits per heavy atom. The lowest BCUT2D eigenvalue weighted by Gasteiger charge is -2.22. The second-order valence-corrected chi connectivity index (χ2v) is 5.03. The summed E-state index contributed by atoms with van der Waals surface area (Å²) in [6.45, 7) is 5.18. The Hall–Kier alpha value is -2.13. The van der Waals surface area contributed by atoms with E-state index < -0.39 is 10.5 Å². The van der Waals surface area contributed by atoms with Crippen molar-refractivity contribution in [2.75, 3.05) is 13.2 Å². The molecule has 0 saturated heterocycles. The van der Waals surface area contributed by atoms with Crippen LogP contribution in [0.4, 0.5) is 5.69 Å². The third-order valence-corrected chi connectivity index (χ3v) is 3.20. The van der Waals surface area contributed by atoms with Gasteiger partial charge >= 0.3 is 0 Å². The highest BCUT2D eigenvalue weighted by Crippen LogP contribution is 2.18. The zero-order valence-electron chi connectivity index (χ0n) is 12.5. The van der Waals surface area contributed by atoms with Gasteiger partial charge in [-0.1, -0.05) is 6.92 Å². The lowest BCUT2D eigenvalue weighted by atomic mass is 9.97. The molecule has 0 bridgehead atoms. The first-order chi connectivity index (χ1) is 10.0. The van der Waals surface area contributed by atoms with Crippen molar-refractivity contribution in [3.63, 3.8) is 0 Å². The second-order valence-electron chi connectivity index (χ2n) is 5.03. The molecular weight excluding hydrogens is 270 g/mol. The summed E-state index contributed by atoms with van der Waals surface area (Å²) in [5.74, 6) is 0.621. The monoisotopic (exact) mass is 291 g/mol. The molecule has 1 rings (SSSR count). The number of rotatable bonds is 9. The van der Waals surface area contributed by atoms with Crippen molar-refractivity contribution in [1.29, 1.82) is 5.26 Å². The van der Waals surface area contributed by atoms with Crippen LogP contribution in [0.1, 0.15) is 33.1 Å². The Labute approximate surface area is 124 Å². The van der Waals surface area contributed by atoms with Crippen molar-refractivity contribution in [3.8, 4) is 11.8 Å². The molecule has 0 amide bonds. The number of unbranched alkanes of at least 4 members (excludes halogenated alkanes) is 1. The number of nitro groups is 1. The molecule has 1 N–H and O–H groups in total. The minimum atomic E-state index is -0.484. The summed E-state index contributed by atoms with van der Waals surface area (Å²) in [4.78, 5) is 10.1. The Bertz CT molecular complexity index is 496. The van der Waals surface area contributed by atoms with Crippen molar-refractivity contribution in [1.82, 2.24) is 5.32 Å². The van der Waals surface area contributed by atoms with E-state index in [1.807, 2.05) is 13.8 Å². The average Bonchev–Trinajstić information content (AvgIpc) is 2.47. The molecule has 114 valence electrons. The van der Waals surface area contributed by atoms with Gasteiger partial charge in [0.15, 0.2) is 0 Å². The molecule has 0 spiro atoms. The van der Waals surface area contributed by atoms with E-state index in [-0.39, 0.29) is 5.69 Å². The van der Waals surface area contributed by atoms with Gasteiger partial charge < -0.3 is 4.74 Å². The van der Waals surface area contributed by atoms with E-state index in [4.69, 9.17) is 10.00 Å². The molecule has 0 aliphatic heterocycles. The molecule has 0 aliphatic rings. The quantitative estimate of drug-likeness (QED) is 0.429. The van der Waals surface area contributed by atoms with E-state index in [9.17, 15) is 10.1 Å². The van der Waals surface area contributed by atoms with Crippen molar-refractivity contribution in [2.45, 2.75) is 38.6 Å². The van der Waals surface area contributed by atoms with Crippen LogP contribution in [0.2, 0.25) is 0 Å². The molecule has 0 aliphatic carbocycles. The maximum absolute atomic E-state index is 10.5. The molecule has 1 unspecified atom stereocenters. The van der Waals surface area contributed by atoms with Crippen molar-refractivity contribution < 1.29 is 9.66 Å². The maximum atomic E-state index is 10.5. The van der Waals surface area contributed by atoms with Gasteiger partial charge in [-0.05, 0) is 44.9 Å². The topological polar surface area (TPSA) is 88.2 Å². The van der Waals surface area contributed by atoms with E-state index >= 15 is 0 Å². The van der Waals surface area contributed by atoms with Crippen LogP contribution in [0.25, 0.3) is 0 Å². The number of benzene rings is 1. The summed E-state index contributed by atoms with van der Waals surface area (Å²) in [6.07, 6.45) is 2.48. The number of nitriles is 1. The van der Waals surface area contributed by atoms with Gasteiger partial charge in [0.05, 0.1) is 17.6 Å². The number of hydrogen-bond acceptors (Lipinski definition) is 5. The molecule has 0 aromatic heterocycles. The molecule has 1 atom stereocenters. The third-order valence-electron chi connectivity index (χ3n) is 3.20. The highest BCUT2D eigenvalue weighted by molar-refractivity contribution is 5.35. The number of ether oxygens (including phenoxy) is 1. The summed E-state index contributed by atoms with van der Waals surface area (Å²) in [5, 5.41) is 22.8. The minimum Gasteiger partial charge on any atom is -0.494 e. The molecule has 21 heavy (non-hydrogen) atoms. The molecule has 1 aromatic rings. The summed E-state index contributed by atoms with van der Waals surface area (Å²) in [6, 6.07) is 8.32. The van der Waals surface area contributed by atoms with Crippen LogP contribution in [-0.2, 0) is 0 Å². The second kappa shape index (κ2) is 8.22. The Morgan fingerprint density at radius 3 is 2.57 bits per heavy atom. The van der Waals surface area contributed by atoms with Crippen LogP contribution in [-0.4, -0.2) is 23.6 Å². The molecule has 0 heterocycles. The Balaban J connectivity index is 2.28. The van der Waals surface area contributed by atoms with Gasteiger partial charge in [0.2, 0.25) is 0 Å². The van der Waals surface area contributed by atoms with E-state index in [1.165, 1.54) is 12.1 Å². The van der Waals surface area contributed by atoms with Gasteiger partial charge in [-0.3, -0.25) is 15.4 Å². The van der Waals surface area contributed by atoms with Crippen molar-refractivity contribution >= 4 is 5.69 Å². The van der Waals surface area contributed by atoms with E-state index in [0.717, 1.165) is 25.8 Å². The van der Waals surface area contributed by atoms with E-state index in [0.29, 0.717) is 12.4 Å². The van der Waals surface area contributed by atoms with Crippen molar-refractivity contribution in [3.05, 3.63) is 34.4 Å². The predicted octanol–water partition coefficient (Wildman–Crippen LogP) is 3.04. The van der Waals surface area contributed by atoms with Gasteiger partial charge in [0, 0.05) is 12.1 Å². The van der Waals surface area contributed by atoms with Gasteiger partial charge in [-0.15, -0.1) is 0 Å². The molecule has 0 fully saturated rings. The first kappa shape index (κ1) is 16.9. The van der Waals surface area contributed by atoms with E-state index in [2.05, 4.69) is 11.4 Å². The molecule has 0 radical (unpaired) electrons. The summed E-state index contributed by atoms with van der Waals surface area (Å²) in [5.41, 5.74) is -0.431. The Kier molecular flexibility index (Phi) is 6.63. The first-order valence-electron chi connectivity index (χ1n) is 7.04. The smallest absolute Gasteiger partial charge is 0.269 e. The fraction of sp³-hybridized carbons (Fsp3) is 0.533. The third kappa shape index (κ3) is 5.79. The number of non-ortho nitro benzene ring substituents is 1. The fourth-order valence-electron chi connectivity index (χ4n) is 2.01. The predicted molar refractivity (Wildman–Crippen MR) is 80.1 cm³/mol. The van der Waals surface area contributed by atoms with Crippen LogP contribution >= 0.6 is 0 Å². The van der Waals surface area contributed by atoms with E-state index in [1.54, 1.807) is 12.1 Å². The summed E-state index contributed by atoms with van der Waals surface area (Å²) in [7, 11) is 0.